The lowest BCUT2D eigenvalue weighted by molar-refractivity contribution is 0.221. The minimum atomic E-state index is 0.521. The summed E-state index contributed by atoms with van der Waals surface area (Å²) in [7, 11) is 0. The molecule has 0 radical (unpaired) electrons. The van der Waals surface area contributed by atoms with Crippen LogP contribution in [0.4, 0.5) is 5.69 Å². The molecule has 2 aromatic rings. The molecule has 1 aromatic carbocycles. The van der Waals surface area contributed by atoms with Gasteiger partial charge < -0.3 is 5.32 Å². The molecule has 0 saturated carbocycles. The monoisotopic (exact) mass is 274 g/mol. The van der Waals surface area contributed by atoms with Crippen molar-refractivity contribution in [1.29, 1.82) is 0 Å². The summed E-state index contributed by atoms with van der Waals surface area (Å²) in [4.78, 5) is 3.94. The molecule has 0 saturated heterocycles. The lowest BCUT2D eigenvalue weighted by atomic mass is 10.2. The van der Waals surface area contributed by atoms with Gasteiger partial charge in [0.15, 0.2) is 0 Å². The van der Waals surface area contributed by atoms with Crippen molar-refractivity contribution in [2.75, 3.05) is 18.4 Å². The van der Waals surface area contributed by atoms with Crippen molar-refractivity contribution < 1.29 is 0 Å². The van der Waals surface area contributed by atoms with E-state index in [0.717, 1.165) is 19.6 Å². The molecule has 0 amide bonds. The Hall–Kier alpha value is -1.32. The Morgan fingerprint density at radius 1 is 1.16 bits per heavy atom. The molecule has 0 aliphatic rings. The largest absolute Gasteiger partial charge is 0.383 e. The van der Waals surface area contributed by atoms with Crippen LogP contribution in [0.3, 0.4) is 0 Å². The van der Waals surface area contributed by atoms with Gasteiger partial charge in [-0.15, -0.1) is 11.3 Å². The summed E-state index contributed by atoms with van der Waals surface area (Å²) in [5, 5.41) is 5.65. The zero-order valence-corrected chi connectivity index (χ0v) is 12.5. The Morgan fingerprint density at radius 2 is 1.95 bits per heavy atom. The number of nitrogens with one attached hydrogen (secondary N) is 1. The number of benzene rings is 1. The number of para-hydroxylation sites is 1. The first-order valence-electron chi connectivity index (χ1n) is 6.85. The van der Waals surface area contributed by atoms with Crippen LogP contribution in [0.2, 0.25) is 0 Å². The summed E-state index contributed by atoms with van der Waals surface area (Å²) in [6, 6.07) is 15.3. The van der Waals surface area contributed by atoms with Gasteiger partial charge in [-0.1, -0.05) is 31.2 Å². The predicted molar refractivity (Wildman–Crippen MR) is 84.8 cm³/mol. The normalized spacial score (nSPS) is 12.6. The second-order valence-corrected chi connectivity index (χ2v) is 5.77. The molecule has 1 aromatic heterocycles. The molecule has 0 spiro atoms. The quantitative estimate of drug-likeness (QED) is 0.818. The molecule has 0 fully saturated rings. The van der Waals surface area contributed by atoms with Crippen molar-refractivity contribution in [3.8, 4) is 0 Å². The summed E-state index contributed by atoms with van der Waals surface area (Å²) < 4.78 is 0. The number of hydrogen-bond acceptors (Lipinski definition) is 3. The molecule has 1 unspecified atom stereocenters. The maximum Gasteiger partial charge on any atom is 0.0340 e. The Balaban J connectivity index is 1.85. The molecule has 0 aliphatic carbocycles. The van der Waals surface area contributed by atoms with Gasteiger partial charge in [-0.05, 0) is 37.0 Å². The van der Waals surface area contributed by atoms with Gasteiger partial charge in [0.25, 0.3) is 0 Å². The van der Waals surface area contributed by atoms with Crippen molar-refractivity contribution >= 4 is 17.0 Å². The molecule has 0 bridgehead atoms. The number of thiophene rings is 1. The van der Waals surface area contributed by atoms with Crippen LogP contribution in [0.5, 0.6) is 0 Å². The second-order valence-electron chi connectivity index (χ2n) is 4.74. The molecule has 19 heavy (non-hydrogen) atoms. The highest BCUT2D eigenvalue weighted by molar-refractivity contribution is 7.09. The van der Waals surface area contributed by atoms with E-state index in [-0.39, 0.29) is 0 Å². The fourth-order valence-electron chi connectivity index (χ4n) is 2.13. The minimum absolute atomic E-state index is 0.521. The summed E-state index contributed by atoms with van der Waals surface area (Å²) in [6.07, 6.45) is 0. The van der Waals surface area contributed by atoms with E-state index >= 15 is 0 Å². The van der Waals surface area contributed by atoms with Gasteiger partial charge in [0.1, 0.15) is 0 Å². The van der Waals surface area contributed by atoms with Gasteiger partial charge in [-0.3, -0.25) is 4.90 Å². The van der Waals surface area contributed by atoms with Gasteiger partial charge >= 0.3 is 0 Å². The minimum Gasteiger partial charge on any atom is -0.383 e. The number of rotatable bonds is 7. The van der Waals surface area contributed by atoms with E-state index in [4.69, 9.17) is 0 Å². The average Bonchev–Trinajstić information content (AvgIpc) is 2.96. The fourth-order valence-corrected chi connectivity index (χ4v) is 2.86. The molecule has 3 heteroatoms. The van der Waals surface area contributed by atoms with Crippen molar-refractivity contribution in [3.63, 3.8) is 0 Å². The summed E-state index contributed by atoms with van der Waals surface area (Å²) in [5.41, 5.74) is 1.20. The van der Waals surface area contributed by atoms with Crippen molar-refractivity contribution in [2.24, 2.45) is 0 Å². The fraction of sp³-hybridized carbons (Fsp3) is 0.375. The third kappa shape index (κ3) is 4.37. The van der Waals surface area contributed by atoms with Crippen LogP contribution < -0.4 is 5.32 Å². The highest BCUT2D eigenvalue weighted by atomic mass is 32.1. The van der Waals surface area contributed by atoms with Crippen molar-refractivity contribution in [3.05, 3.63) is 52.7 Å². The van der Waals surface area contributed by atoms with E-state index in [0.29, 0.717) is 6.04 Å². The average molecular weight is 274 g/mol. The van der Waals surface area contributed by atoms with Gasteiger partial charge in [-0.25, -0.2) is 0 Å². The smallest absolute Gasteiger partial charge is 0.0340 e. The number of nitrogens with zero attached hydrogens (tertiary/aromatic N) is 1. The van der Waals surface area contributed by atoms with Crippen LogP contribution in [0.25, 0.3) is 0 Å². The highest BCUT2D eigenvalue weighted by Crippen LogP contribution is 2.14. The van der Waals surface area contributed by atoms with Crippen LogP contribution in [0.1, 0.15) is 18.7 Å². The highest BCUT2D eigenvalue weighted by Gasteiger charge is 2.12. The first-order valence-corrected chi connectivity index (χ1v) is 7.73. The number of anilines is 1. The van der Waals surface area contributed by atoms with Crippen LogP contribution in [0, 0.1) is 0 Å². The van der Waals surface area contributed by atoms with E-state index in [9.17, 15) is 0 Å². The third-order valence-electron chi connectivity index (χ3n) is 3.34. The summed E-state index contributed by atoms with van der Waals surface area (Å²) >= 11 is 1.84. The first-order chi connectivity index (χ1) is 9.29. The maximum atomic E-state index is 3.50. The van der Waals surface area contributed by atoms with Gasteiger partial charge in [0.2, 0.25) is 0 Å². The molecular weight excluding hydrogens is 252 g/mol. The van der Waals surface area contributed by atoms with E-state index in [1.807, 2.05) is 17.4 Å². The molecule has 1 atom stereocenters. The van der Waals surface area contributed by atoms with E-state index in [1.54, 1.807) is 0 Å². The zero-order chi connectivity index (χ0) is 13.5. The van der Waals surface area contributed by atoms with Gasteiger partial charge in [0.05, 0.1) is 0 Å². The van der Waals surface area contributed by atoms with Gasteiger partial charge in [0, 0.05) is 29.7 Å². The lowest BCUT2D eigenvalue weighted by Gasteiger charge is -2.27. The number of likely N-dealkylation sites (N-methyl/N-ethyl adjacent to an activating group) is 1. The SMILES string of the molecule is CCN(Cc1cccs1)C(C)CNc1ccccc1. The molecule has 102 valence electrons. The topological polar surface area (TPSA) is 15.3 Å². The van der Waals surface area contributed by atoms with Crippen molar-refractivity contribution in [1.82, 2.24) is 4.90 Å². The number of hydrogen-bond donors (Lipinski definition) is 1. The van der Waals surface area contributed by atoms with E-state index < -0.39 is 0 Å². The van der Waals surface area contributed by atoms with Crippen LogP contribution in [0.15, 0.2) is 47.8 Å². The second kappa shape index (κ2) is 7.31. The van der Waals surface area contributed by atoms with E-state index in [1.165, 1.54) is 10.6 Å². The zero-order valence-electron chi connectivity index (χ0n) is 11.7. The molecular formula is C16H22N2S. The molecule has 2 rings (SSSR count). The van der Waals surface area contributed by atoms with Crippen molar-refractivity contribution in [2.45, 2.75) is 26.4 Å². The standard InChI is InChI=1S/C16H22N2S/c1-3-18(13-16-10-7-11-19-16)14(2)12-17-15-8-5-4-6-9-15/h4-11,14,17H,3,12-13H2,1-2H3. The van der Waals surface area contributed by atoms with Gasteiger partial charge in [-0.2, -0.15) is 0 Å². The molecule has 0 aliphatic heterocycles. The van der Waals surface area contributed by atoms with Crippen LogP contribution in [-0.4, -0.2) is 24.0 Å². The van der Waals surface area contributed by atoms with Crippen LogP contribution >= 0.6 is 11.3 Å². The summed E-state index contributed by atoms with van der Waals surface area (Å²) in [5.74, 6) is 0. The van der Waals surface area contributed by atoms with Crippen LogP contribution in [-0.2, 0) is 6.54 Å². The maximum absolute atomic E-state index is 3.50. The molecule has 2 nitrogen and oxygen atoms in total. The predicted octanol–water partition coefficient (Wildman–Crippen LogP) is 4.07. The Bertz CT molecular complexity index is 453. The Kier molecular flexibility index (Phi) is 5.43. The third-order valence-corrected chi connectivity index (χ3v) is 4.21. The van der Waals surface area contributed by atoms with E-state index in [2.05, 4.69) is 65.8 Å². The first kappa shape index (κ1) is 14.1. The Labute approximate surface area is 120 Å². The molecule has 1 N–H and O–H groups in total. The lowest BCUT2D eigenvalue weighted by Crippen LogP contribution is -2.37. The Morgan fingerprint density at radius 3 is 2.58 bits per heavy atom. The molecule has 1 heterocycles. The summed E-state index contributed by atoms with van der Waals surface area (Å²) in [6.45, 7) is 7.62.